The summed E-state index contributed by atoms with van der Waals surface area (Å²) < 4.78 is 0. The molecule has 0 spiro atoms. The summed E-state index contributed by atoms with van der Waals surface area (Å²) in [4.78, 5) is 0. The molecule has 1 aliphatic carbocycles. The predicted molar refractivity (Wildman–Crippen MR) is 130 cm³/mol. The molecule has 0 N–H and O–H groups in total. The van der Waals surface area contributed by atoms with Crippen LogP contribution >= 0.6 is 7.26 Å². The molecule has 1 aromatic rings. The van der Waals surface area contributed by atoms with Gasteiger partial charge in [-0.3, -0.25) is 0 Å². The number of benzene rings is 1. The molecule has 0 aromatic heterocycles. The highest BCUT2D eigenvalue weighted by Gasteiger charge is 2.57. The molecule has 158 valence electrons. The Bertz CT molecular complexity index is 578. The lowest BCUT2D eigenvalue weighted by molar-refractivity contribution is 0.292. The highest BCUT2D eigenvalue weighted by molar-refractivity contribution is 7.84. The van der Waals surface area contributed by atoms with Crippen LogP contribution in [-0.4, -0.2) is 17.0 Å². The van der Waals surface area contributed by atoms with Gasteiger partial charge in [-0.05, 0) is 89.2 Å². The Balaban J connectivity index is 2.04. The fourth-order valence-corrected chi connectivity index (χ4v) is 13.0. The predicted octanol–water partition coefficient (Wildman–Crippen LogP) is 8.60. The Morgan fingerprint density at radius 1 is 0.679 bits per heavy atom. The second-order valence-electron chi connectivity index (χ2n) is 11.2. The minimum atomic E-state index is -1.24. The van der Waals surface area contributed by atoms with E-state index in [-0.39, 0.29) is 0 Å². The average Bonchev–Trinajstić information content (AvgIpc) is 2.81. The van der Waals surface area contributed by atoms with Crippen LogP contribution in [0.3, 0.4) is 0 Å². The van der Waals surface area contributed by atoms with Crippen molar-refractivity contribution in [3.05, 3.63) is 30.3 Å². The summed E-state index contributed by atoms with van der Waals surface area (Å²) in [7, 11) is -1.24. The van der Waals surface area contributed by atoms with E-state index >= 15 is 0 Å². The molecule has 1 saturated heterocycles. The lowest BCUT2D eigenvalue weighted by atomic mass is 9.82. The highest BCUT2D eigenvalue weighted by Crippen LogP contribution is 2.75. The highest BCUT2D eigenvalue weighted by atomic mass is 31.2. The Morgan fingerprint density at radius 2 is 1.25 bits per heavy atom. The van der Waals surface area contributed by atoms with Gasteiger partial charge in [0.25, 0.3) is 0 Å². The van der Waals surface area contributed by atoms with E-state index in [9.17, 15) is 0 Å². The van der Waals surface area contributed by atoms with E-state index in [2.05, 4.69) is 58.0 Å². The summed E-state index contributed by atoms with van der Waals surface area (Å²) in [5.41, 5.74) is 1.50. The molecule has 0 bridgehead atoms. The third kappa shape index (κ3) is 5.03. The molecule has 28 heavy (non-hydrogen) atoms. The first-order chi connectivity index (χ1) is 13.4. The van der Waals surface area contributed by atoms with Crippen molar-refractivity contribution >= 4 is 12.6 Å². The molecule has 2 aliphatic rings. The van der Waals surface area contributed by atoms with Crippen LogP contribution in [0.2, 0.25) is 0 Å². The fourth-order valence-electron chi connectivity index (χ4n) is 6.55. The van der Waals surface area contributed by atoms with Gasteiger partial charge >= 0.3 is 0 Å². The van der Waals surface area contributed by atoms with Gasteiger partial charge in [0.05, 0.1) is 29.5 Å². The lowest BCUT2D eigenvalue weighted by Crippen LogP contribution is -2.40. The SMILES string of the molecule is CC1(C)CCCC(C)(C)[P+](c2ccccc2)(C2CCCCCCCC2)CCC1. The summed E-state index contributed by atoms with van der Waals surface area (Å²) in [6, 6.07) is 12.0. The van der Waals surface area contributed by atoms with Gasteiger partial charge < -0.3 is 0 Å². The first kappa shape index (κ1) is 22.3. The zero-order chi connectivity index (χ0) is 20.1. The van der Waals surface area contributed by atoms with Gasteiger partial charge in [-0.2, -0.15) is 0 Å². The molecule has 1 atom stereocenters. The Kier molecular flexibility index (Phi) is 7.69. The van der Waals surface area contributed by atoms with Crippen LogP contribution < -0.4 is 5.30 Å². The lowest BCUT2D eigenvalue weighted by Gasteiger charge is -2.46. The molecule has 3 rings (SSSR count). The van der Waals surface area contributed by atoms with Crippen LogP contribution in [0.5, 0.6) is 0 Å². The summed E-state index contributed by atoms with van der Waals surface area (Å²) in [5, 5.41) is 2.25. The van der Waals surface area contributed by atoms with Gasteiger partial charge in [0.1, 0.15) is 0 Å². The number of rotatable bonds is 2. The van der Waals surface area contributed by atoms with Crippen LogP contribution in [-0.2, 0) is 0 Å². The molecule has 1 heteroatoms. The van der Waals surface area contributed by atoms with Gasteiger partial charge in [-0.1, -0.05) is 57.7 Å². The van der Waals surface area contributed by atoms with Crippen molar-refractivity contribution in [1.29, 1.82) is 0 Å². The normalized spacial score (nSPS) is 30.1. The summed E-state index contributed by atoms with van der Waals surface area (Å²) >= 11 is 0. The molecule has 1 heterocycles. The molecule has 2 fully saturated rings. The monoisotopic (exact) mass is 401 g/mol. The summed E-state index contributed by atoms with van der Waals surface area (Å²) in [6.07, 6.45) is 20.4. The second kappa shape index (κ2) is 9.64. The molecule has 1 aliphatic heterocycles. The summed E-state index contributed by atoms with van der Waals surface area (Å²) in [5.74, 6) is 0. The van der Waals surface area contributed by atoms with Crippen LogP contribution in [0.1, 0.15) is 111 Å². The third-order valence-electron chi connectivity index (χ3n) is 8.25. The Labute approximate surface area is 176 Å². The van der Waals surface area contributed by atoms with Crippen molar-refractivity contribution in [2.75, 3.05) is 6.16 Å². The van der Waals surface area contributed by atoms with Crippen molar-refractivity contribution in [2.45, 2.75) is 122 Å². The van der Waals surface area contributed by atoms with E-state index in [0.717, 1.165) is 5.66 Å². The zero-order valence-corrected chi connectivity index (χ0v) is 20.2. The van der Waals surface area contributed by atoms with E-state index in [1.165, 1.54) is 89.6 Å². The topological polar surface area (TPSA) is 0 Å². The van der Waals surface area contributed by atoms with E-state index in [0.29, 0.717) is 10.6 Å². The van der Waals surface area contributed by atoms with Gasteiger partial charge in [0.2, 0.25) is 0 Å². The molecular weight excluding hydrogens is 355 g/mol. The van der Waals surface area contributed by atoms with Gasteiger partial charge in [0, 0.05) is 0 Å². The fraction of sp³-hybridized carbons (Fsp3) is 0.778. The Hall–Kier alpha value is -0.350. The molecule has 0 nitrogen and oxygen atoms in total. The maximum atomic E-state index is 2.68. The molecule has 1 saturated carbocycles. The molecule has 1 unspecified atom stereocenters. The number of hydrogen-bond donors (Lipinski definition) is 0. The van der Waals surface area contributed by atoms with E-state index < -0.39 is 7.26 Å². The smallest absolute Gasteiger partial charge is 0.0620 e. The second-order valence-corrected chi connectivity index (χ2v) is 15.9. The van der Waals surface area contributed by atoms with Crippen molar-refractivity contribution in [3.8, 4) is 0 Å². The molecule has 1 aromatic carbocycles. The van der Waals surface area contributed by atoms with Crippen molar-refractivity contribution in [2.24, 2.45) is 5.41 Å². The van der Waals surface area contributed by atoms with Crippen LogP contribution in [0.4, 0.5) is 0 Å². The quantitative estimate of drug-likeness (QED) is 0.435. The maximum Gasteiger partial charge on any atom is 0.0948 e. The first-order valence-electron chi connectivity index (χ1n) is 12.3. The van der Waals surface area contributed by atoms with E-state index in [4.69, 9.17) is 0 Å². The van der Waals surface area contributed by atoms with Crippen molar-refractivity contribution < 1.29 is 0 Å². The van der Waals surface area contributed by atoms with Crippen LogP contribution in [0, 0.1) is 5.41 Å². The number of hydrogen-bond acceptors (Lipinski definition) is 0. The molecule has 0 radical (unpaired) electrons. The van der Waals surface area contributed by atoms with Gasteiger partial charge in [0.15, 0.2) is 0 Å². The van der Waals surface area contributed by atoms with Crippen molar-refractivity contribution in [1.82, 2.24) is 0 Å². The average molecular weight is 402 g/mol. The van der Waals surface area contributed by atoms with Crippen LogP contribution in [0.15, 0.2) is 30.3 Å². The van der Waals surface area contributed by atoms with Crippen LogP contribution in [0.25, 0.3) is 0 Å². The largest absolute Gasteiger partial charge is 0.0948 e. The first-order valence-corrected chi connectivity index (χ1v) is 14.4. The van der Waals surface area contributed by atoms with Gasteiger partial charge in [-0.25, -0.2) is 0 Å². The zero-order valence-electron chi connectivity index (χ0n) is 19.3. The minimum Gasteiger partial charge on any atom is -0.0620 e. The summed E-state index contributed by atoms with van der Waals surface area (Å²) in [6.45, 7) is 10.4. The maximum absolute atomic E-state index is 2.68. The van der Waals surface area contributed by atoms with Gasteiger partial charge in [-0.15, -0.1) is 0 Å². The minimum absolute atomic E-state index is 0.480. The Morgan fingerprint density at radius 3 is 1.89 bits per heavy atom. The van der Waals surface area contributed by atoms with E-state index in [1.54, 1.807) is 5.30 Å². The standard InChI is InChI=1S/C27H46P/c1-26(2)20-14-22-27(3,4)28(23-15-21-26,25-18-12-9-13-19-25)24-16-10-7-5-6-8-11-17-24/h9,12-13,18-19,24H,5-8,10-11,14-17,20-23H2,1-4H3/q+1. The molecule has 0 amide bonds. The van der Waals surface area contributed by atoms with Crippen molar-refractivity contribution in [3.63, 3.8) is 0 Å². The third-order valence-corrected chi connectivity index (χ3v) is 14.6. The molecular formula is C27H46P+. The van der Waals surface area contributed by atoms with E-state index in [1.807, 2.05) is 0 Å².